The molecule has 2 aromatic carbocycles. The number of hydrogen-bond donors (Lipinski definition) is 2. The quantitative estimate of drug-likeness (QED) is 0.477. The lowest BCUT2D eigenvalue weighted by Crippen LogP contribution is -2.22. The summed E-state index contributed by atoms with van der Waals surface area (Å²) in [6.07, 6.45) is 6.87. The van der Waals surface area contributed by atoms with E-state index in [-0.39, 0.29) is 6.04 Å². The molecule has 5 heteroatoms. The van der Waals surface area contributed by atoms with Crippen molar-refractivity contribution in [2.24, 2.45) is 0 Å². The Hall–Kier alpha value is -3.18. The second-order valence-electron chi connectivity index (χ2n) is 9.18. The lowest BCUT2D eigenvalue weighted by molar-refractivity contribution is 0.0695. The normalized spacial score (nSPS) is 15.7. The maximum atomic E-state index is 11.5. The van der Waals surface area contributed by atoms with Crippen LogP contribution in [0.3, 0.4) is 0 Å². The highest BCUT2D eigenvalue weighted by molar-refractivity contribution is 5.89. The monoisotopic (exact) mass is 443 g/mol. The first kappa shape index (κ1) is 23.0. The van der Waals surface area contributed by atoms with E-state index in [1.54, 1.807) is 18.5 Å². The zero-order valence-corrected chi connectivity index (χ0v) is 19.7. The van der Waals surface area contributed by atoms with Gasteiger partial charge in [-0.15, -0.1) is 0 Å². The Kier molecular flexibility index (Phi) is 7.09. The number of fused-ring (bicyclic) bond motifs is 1. The molecule has 0 amide bonds. The van der Waals surface area contributed by atoms with E-state index in [4.69, 9.17) is 0 Å². The van der Waals surface area contributed by atoms with Crippen LogP contribution in [0.1, 0.15) is 71.3 Å². The molecule has 5 nitrogen and oxygen atoms in total. The predicted octanol–water partition coefficient (Wildman–Crippen LogP) is 5.88. The van der Waals surface area contributed by atoms with E-state index >= 15 is 0 Å². The largest absolute Gasteiger partial charge is 0.478 e. The first-order valence-electron chi connectivity index (χ1n) is 11.8. The first-order chi connectivity index (χ1) is 15.9. The summed E-state index contributed by atoms with van der Waals surface area (Å²) in [5.41, 5.74) is 7.55. The number of aryl methyl sites for hydroxylation is 2. The Morgan fingerprint density at radius 1 is 1.15 bits per heavy atom. The van der Waals surface area contributed by atoms with Crippen LogP contribution in [0.25, 0.3) is 0 Å². The highest BCUT2D eigenvalue weighted by Crippen LogP contribution is 2.32. The van der Waals surface area contributed by atoms with Gasteiger partial charge in [0, 0.05) is 36.9 Å². The number of carbonyl (C=O) groups is 1. The number of hydrogen-bond acceptors (Lipinski definition) is 4. The molecule has 2 heterocycles. The molecule has 1 aliphatic heterocycles. The number of rotatable bonds is 7. The van der Waals surface area contributed by atoms with Crippen molar-refractivity contribution in [3.63, 3.8) is 0 Å². The summed E-state index contributed by atoms with van der Waals surface area (Å²) < 4.78 is 0. The molecule has 0 saturated heterocycles. The van der Waals surface area contributed by atoms with Crippen molar-refractivity contribution in [2.75, 3.05) is 18.5 Å². The Bertz CT molecular complexity index is 1110. The van der Waals surface area contributed by atoms with Gasteiger partial charge in [-0.2, -0.15) is 0 Å². The van der Waals surface area contributed by atoms with Crippen molar-refractivity contribution in [1.82, 2.24) is 10.3 Å². The van der Waals surface area contributed by atoms with E-state index in [1.807, 2.05) is 0 Å². The number of carboxylic acid groups (broad SMARTS) is 1. The Balaban J connectivity index is 1.54. The topological polar surface area (TPSA) is 65.5 Å². The lowest BCUT2D eigenvalue weighted by Gasteiger charge is -2.24. The van der Waals surface area contributed by atoms with Crippen molar-refractivity contribution in [2.45, 2.75) is 51.5 Å². The number of carboxylic acids is 1. The predicted molar refractivity (Wildman–Crippen MR) is 134 cm³/mol. The summed E-state index contributed by atoms with van der Waals surface area (Å²) in [4.78, 5) is 17.9. The van der Waals surface area contributed by atoms with E-state index in [1.165, 1.54) is 28.1 Å². The van der Waals surface area contributed by atoms with Gasteiger partial charge in [-0.05, 0) is 90.7 Å². The maximum Gasteiger partial charge on any atom is 0.336 e. The third kappa shape index (κ3) is 5.25. The standard InChI is InChI=1S/C28H33N3O2/c1-19(2)20-6-9-23(10-7-20)31(3)24-11-12-25-21(17-24)5-4-15-30-27(25)13-8-22-18-29-16-14-26(22)28(32)33/h6-7,9-12,14,16-19,27,30H,4-5,8,13,15H2,1-3H3,(H,32,33)/t27-/m1/s1. The number of nitrogens with one attached hydrogen (secondary N) is 1. The highest BCUT2D eigenvalue weighted by atomic mass is 16.4. The van der Waals surface area contributed by atoms with Crippen LogP contribution in [0.15, 0.2) is 60.9 Å². The molecule has 172 valence electrons. The highest BCUT2D eigenvalue weighted by Gasteiger charge is 2.20. The summed E-state index contributed by atoms with van der Waals surface area (Å²) in [7, 11) is 2.12. The molecule has 33 heavy (non-hydrogen) atoms. The molecule has 1 atom stereocenters. The summed E-state index contributed by atoms with van der Waals surface area (Å²) in [6, 6.07) is 17.4. The van der Waals surface area contributed by atoms with Gasteiger partial charge in [0.1, 0.15) is 0 Å². The van der Waals surface area contributed by atoms with Crippen LogP contribution in [0.4, 0.5) is 11.4 Å². The van der Waals surface area contributed by atoms with E-state index in [0.29, 0.717) is 17.9 Å². The van der Waals surface area contributed by atoms with Crippen molar-refractivity contribution < 1.29 is 9.90 Å². The minimum absolute atomic E-state index is 0.203. The fraction of sp³-hybridized carbons (Fsp3) is 0.357. The molecule has 4 rings (SSSR count). The number of aromatic nitrogens is 1. The van der Waals surface area contributed by atoms with Gasteiger partial charge in [-0.3, -0.25) is 4.98 Å². The summed E-state index contributed by atoms with van der Waals surface area (Å²) in [6.45, 7) is 5.39. The molecular weight excluding hydrogens is 410 g/mol. The van der Waals surface area contributed by atoms with Crippen molar-refractivity contribution in [1.29, 1.82) is 0 Å². The number of nitrogens with zero attached hydrogens (tertiary/aromatic N) is 2. The van der Waals surface area contributed by atoms with E-state index in [9.17, 15) is 9.90 Å². The third-order valence-electron chi connectivity index (χ3n) is 6.69. The van der Waals surface area contributed by atoms with Gasteiger partial charge in [0.25, 0.3) is 0 Å². The summed E-state index contributed by atoms with van der Waals surface area (Å²) in [5.74, 6) is -0.365. The fourth-order valence-corrected chi connectivity index (χ4v) is 4.65. The van der Waals surface area contributed by atoms with Gasteiger partial charge in [0.2, 0.25) is 0 Å². The molecule has 3 aromatic rings. The molecule has 0 fully saturated rings. The van der Waals surface area contributed by atoms with Crippen molar-refractivity contribution in [3.05, 3.63) is 88.7 Å². The van der Waals surface area contributed by atoms with Crippen LogP contribution in [-0.4, -0.2) is 29.7 Å². The first-order valence-corrected chi connectivity index (χ1v) is 11.8. The second kappa shape index (κ2) is 10.2. The number of anilines is 2. The average molecular weight is 444 g/mol. The van der Waals surface area contributed by atoms with Crippen LogP contribution in [-0.2, 0) is 12.8 Å². The summed E-state index contributed by atoms with van der Waals surface area (Å²) >= 11 is 0. The fourth-order valence-electron chi connectivity index (χ4n) is 4.65. The van der Waals surface area contributed by atoms with Crippen LogP contribution in [0.5, 0.6) is 0 Å². The second-order valence-corrected chi connectivity index (χ2v) is 9.18. The zero-order chi connectivity index (χ0) is 23.4. The van der Waals surface area contributed by atoms with E-state index in [0.717, 1.165) is 31.4 Å². The number of benzene rings is 2. The molecule has 0 spiro atoms. The molecule has 0 bridgehead atoms. The van der Waals surface area contributed by atoms with Crippen molar-refractivity contribution >= 4 is 17.3 Å². The number of pyridine rings is 1. The van der Waals surface area contributed by atoms with Crippen LogP contribution < -0.4 is 10.2 Å². The smallest absolute Gasteiger partial charge is 0.336 e. The molecule has 0 aliphatic carbocycles. The van der Waals surface area contributed by atoms with E-state index < -0.39 is 5.97 Å². The SMILES string of the molecule is CC(C)c1ccc(N(C)c2ccc3c(c2)CCCN[C@@H]3CCc2cnccc2C(=O)O)cc1. The van der Waals surface area contributed by atoms with Crippen LogP contribution in [0, 0.1) is 0 Å². The van der Waals surface area contributed by atoms with Gasteiger partial charge in [0.05, 0.1) is 5.56 Å². The average Bonchev–Trinajstić information content (AvgIpc) is 3.04. The van der Waals surface area contributed by atoms with Gasteiger partial charge in [-0.25, -0.2) is 4.79 Å². The van der Waals surface area contributed by atoms with Gasteiger partial charge >= 0.3 is 5.97 Å². The Labute approximate surface area is 196 Å². The molecule has 0 unspecified atom stereocenters. The molecular formula is C28H33N3O2. The molecule has 1 aliphatic rings. The van der Waals surface area contributed by atoms with Crippen molar-refractivity contribution in [3.8, 4) is 0 Å². The van der Waals surface area contributed by atoms with E-state index in [2.05, 4.69) is 78.6 Å². The lowest BCUT2D eigenvalue weighted by atomic mass is 9.93. The van der Waals surface area contributed by atoms with Gasteiger partial charge < -0.3 is 15.3 Å². The zero-order valence-electron chi connectivity index (χ0n) is 19.7. The summed E-state index contributed by atoms with van der Waals surface area (Å²) in [5, 5.41) is 13.1. The van der Waals surface area contributed by atoms with Crippen LogP contribution in [0.2, 0.25) is 0 Å². The number of aromatic carboxylic acids is 1. The minimum atomic E-state index is -0.893. The minimum Gasteiger partial charge on any atom is -0.478 e. The van der Waals surface area contributed by atoms with Crippen LogP contribution >= 0.6 is 0 Å². The Morgan fingerprint density at radius 3 is 2.64 bits per heavy atom. The Morgan fingerprint density at radius 2 is 1.91 bits per heavy atom. The molecule has 2 N–H and O–H groups in total. The molecule has 1 aromatic heterocycles. The maximum absolute atomic E-state index is 11.5. The van der Waals surface area contributed by atoms with Gasteiger partial charge in [-0.1, -0.05) is 32.0 Å². The van der Waals surface area contributed by atoms with Gasteiger partial charge in [0.15, 0.2) is 0 Å². The molecule has 0 radical (unpaired) electrons. The third-order valence-corrected chi connectivity index (χ3v) is 6.69. The molecule has 0 saturated carbocycles.